The number of carbonyl (C=O) groups excluding carboxylic acids is 2. The summed E-state index contributed by atoms with van der Waals surface area (Å²) in [6.45, 7) is 1.65. The lowest BCUT2D eigenvalue weighted by molar-refractivity contribution is -0.255. The predicted molar refractivity (Wildman–Crippen MR) is 55.6 cm³/mol. The highest BCUT2D eigenvalue weighted by molar-refractivity contribution is 6.07. The van der Waals surface area contributed by atoms with Gasteiger partial charge < -0.3 is 19.7 Å². The van der Waals surface area contributed by atoms with E-state index in [9.17, 15) is 14.7 Å². The van der Waals surface area contributed by atoms with Crippen LogP contribution in [0.25, 0.3) is 0 Å². The third-order valence-electron chi connectivity index (χ3n) is 1.98. The van der Waals surface area contributed by atoms with Crippen LogP contribution in [0.15, 0.2) is 23.0 Å². The van der Waals surface area contributed by atoms with Crippen LogP contribution in [-0.4, -0.2) is 27.0 Å². The van der Waals surface area contributed by atoms with E-state index in [0.717, 1.165) is 6.20 Å². The van der Waals surface area contributed by atoms with Gasteiger partial charge in [0.2, 0.25) is 0 Å². The summed E-state index contributed by atoms with van der Waals surface area (Å²) in [4.78, 5) is 29.7. The fourth-order valence-electron chi connectivity index (χ4n) is 1.25. The molecule has 92 valence electrons. The lowest BCUT2D eigenvalue weighted by Crippen LogP contribution is -2.28. The van der Waals surface area contributed by atoms with Gasteiger partial charge in [0, 0.05) is 18.5 Å². The van der Waals surface area contributed by atoms with E-state index in [1.807, 2.05) is 0 Å². The maximum Gasteiger partial charge on any atom is 0.277 e. The van der Waals surface area contributed by atoms with E-state index in [1.54, 1.807) is 6.92 Å². The molecule has 0 aliphatic carbocycles. The zero-order valence-corrected chi connectivity index (χ0v) is 9.21. The van der Waals surface area contributed by atoms with Crippen LogP contribution in [0.2, 0.25) is 0 Å². The van der Waals surface area contributed by atoms with Crippen molar-refractivity contribution < 1.29 is 19.2 Å². The monoisotopic (exact) mass is 247 g/mol. The Morgan fingerprint density at radius 2 is 1.94 bits per heavy atom. The highest BCUT2D eigenvalue weighted by atomic mass is 16.5. The van der Waals surface area contributed by atoms with Crippen molar-refractivity contribution in [3.63, 3.8) is 0 Å². The van der Waals surface area contributed by atoms with Gasteiger partial charge in [-0.15, -0.1) is 0 Å². The number of nitrogens with zero attached hydrogens (tertiary/aromatic N) is 3. The molecule has 0 saturated heterocycles. The molecule has 0 aliphatic heterocycles. The Labute approximate surface area is 101 Å². The molecule has 0 atom stereocenters. The Kier molecular flexibility index (Phi) is 3.00. The Balaban J connectivity index is 2.26. The highest BCUT2D eigenvalue weighted by Crippen LogP contribution is 2.09. The first-order chi connectivity index (χ1) is 8.58. The van der Waals surface area contributed by atoms with Gasteiger partial charge in [-0.25, -0.2) is 4.98 Å². The van der Waals surface area contributed by atoms with Gasteiger partial charge in [-0.3, -0.25) is 9.78 Å². The van der Waals surface area contributed by atoms with Crippen LogP contribution in [-0.2, 0) is 0 Å². The molecule has 2 aromatic rings. The van der Waals surface area contributed by atoms with Crippen LogP contribution in [0.1, 0.15) is 26.7 Å². The van der Waals surface area contributed by atoms with Crippen molar-refractivity contribution in [2.75, 3.05) is 5.32 Å². The van der Waals surface area contributed by atoms with Crippen LogP contribution < -0.4 is 10.4 Å². The summed E-state index contributed by atoms with van der Waals surface area (Å²) in [7, 11) is 0. The summed E-state index contributed by atoms with van der Waals surface area (Å²) in [5.41, 5.74) is -0.881. The van der Waals surface area contributed by atoms with Crippen LogP contribution in [0.4, 0.5) is 5.82 Å². The molecule has 0 spiro atoms. The molecule has 2 heterocycles. The number of carboxylic acid groups (broad SMARTS) is 1. The number of amides is 1. The van der Waals surface area contributed by atoms with Gasteiger partial charge in [0.05, 0.1) is 5.97 Å². The fraction of sp³-hybridized carbons (Fsp3) is 0.100. The molecule has 1 amide bonds. The van der Waals surface area contributed by atoms with Gasteiger partial charge in [-0.05, 0) is 6.92 Å². The third kappa shape index (κ3) is 2.32. The minimum Gasteiger partial charge on any atom is -0.543 e. The van der Waals surface area contributed by atoms with Gasteiger partial charge in [0.1, 0.15) is 11.5 Å². The van der Waals surface area contributed by atoms with Crippen molar-refractivity contribution in [3.8, 4) is 0 Å². The molecule has 8 nitrogen and oxygen atoms in total. The quantitative estimate of drug-likeness (QED) is 0.767. The molecule has 2 rings (SSSR count). The van der Waals surface area contributed by atoms with Crippen LogP contribution in [0, 0.1) is 6.92 Å². The molecule has 1 N–H and O–H groups in total. The molecule has 0 aliphatic rings. The second-order valence-electron chi connectivity index (χ2n) is 3.32. The van der Waals surface area contributed by atoms with Gasteiger partial charge >= 0.3 is 0 Å². The summed E-state index contributed by atoms with van der Waals surface area (Å²) in [6, 6.07) is 1.48. The molecular weight excluding hydrogens is 240 g/mol. The number of anilines is 1. The number of aromatic carboxylic acids is 1. The number of carboxylic acids is 1. The van der Waals surface area contributed by atoms with Gasteiger partial charge in [0.25, 0.3) is 5.91 Å². The van der Waals surface area contributed by atoms with E-state index in [1.165, 1.54) is 12.3 Å². The van der Waals surface area contributed by atoms with Crippen molar-refractivity contribution in [1.82, 2.24) is 15.1 Å². The number of hydrogen-bond donors (Lipinski definition) is 1. The van der Waals surface area contributed by atoms with Crippen LogP contribution in [0.3, 0.4) is 0 Å². The molecular formula is C10H7N4O4-. The van der Waals surface area contributed by atoms with Crippen molar-refractivity contribution >= 4 is 17.7 Å². The fourth-order valence-corrected chi connectivity index (χ4v) is 1.25. The minimum atomic E-state index is -1.58. The maximum absolute atomic E-state index is 11.8. The topological polar surface area (TPSA) is 121 Å². The maximum atomic E-state index is 11.8. The average Bonchev–Trinajstić information content (AvgIpc) is 2.74. The number of carbonyl (C=O) groups is 2. The van der Waals surface area contributed by atoms with Crippen LogP contribution >= 0.6 is 0 Å². The number of aryl methyl sites for hydroxylation is 1. The number of hydrogen-bond acceptors (Lipinski definition) is 7. The SMILES string of the molecule is Cc1cc(NC(=O)c2nccnc2C(=O)[O-])no1. The van der Waals surface area contributed by atoms with Crippen molar-refractivity contribution in [2.45, 2.75) is 6.92 Å². The van der Waals surface area contributed by atoms with Gasteiger partial charge in [-0.1, -0.05) is 5.16 Å². The van der Waals surface area contributed by atoms with Gasteiger partial charge in [-0.2, -0.15) is 0 Å². The summed E-state index contributed by atoms with van der Waals surface area (Å²) >= 11 is 0. The zero-order valence-electron chi connectivity index (χ0n) is 9.21. The van der Waals surface area contributed by atoms with Gasteiger partial charge in [0.15, 0.2) is 11.5 Å². The van der Waals surface area contributed by atoms with E-state index in [0.29, 0.717) is 5.76 Å². The summed E-state index contributed by atoms with van der Waals surface area (Å²) in [5.74, 6) is -1.67. The largest absolute Gasteiger partial charge is 0.543 e. The first-order valence-electron chi connectivity index (χ1n) is 4.85. The lowest BCUT2D eigenvalue weighted by Gasteiger charge is -2.06. The van der Waals surface area contributed by atoms with Crippen molar-refractivity contribution in [2.24, 2.45) is 0 Å². The van der Waals surface area contributed by atoms with E-state index in [2.05, 4.69) is 20.4 Å². The average molecular weight is 247 g/mol. The minimum absolute atomic E-state index is 0.160. The summed E-state index contributed by atoms with van der Waals surface area (Å²) < 4.78 is 4.75. The molecule has 0 radical (unpaired) electrons. The highest BCUT2D eigenvalue weighted by Gasteiger charge is 2.16. The number of nitrogens with one attached hydrogen (secondary N) is 1. The first kappa shape index (κ1) is 11.7. The zero-order chi connectivity index (χ0) is 13.1. The molecule has 0 saturated carbocycles. The Morgan fingerprint density at radius 1 is 1.28 bits per heavy atom. The van der Waals surface area contributed by atoms with E-state index in [4.69, 9.17) is 4.52 Å². The Hall–Kier alpha value is -2.77. The second kappa shape index (κ2) is 4.62. The Bertz CT molecular complexity index is 607. The van der Waals surface area contributed by atoms with Crippen molar-refractivity contribution in [3.05, 3.63) is 35.6 Å². The van der Waals surface area contributed by atoms with E-state index >= 15 is 0 Å². The number of aromatic nitrogens is 3. The van der Waals surface area contributed by atoms with Crippen molar-refractivity contribution in [1.29, 1.82) is 0 Å². The molecule has 8 heteroatoms. The molecule has 0 unspecified atom stereocenters. The molecule has 18 heavy (non-hydrogen) atoms. The second-order valence-corrected chi connectivity index (χ2v) is 3.32. The lowest BCUT2D eigenvalue weighted by atomic mass is 10.3. The normalized spacial score (nSPS) is 10.1. The summed E-state index contributed by atoms with van der Waals surface area (Å²) in [5, 5.41) is 16.6. The molecule has 0 bridgehead atoms. The van der Waals surface area contributed by atoms with E-state index < -0.39 is 17.6 Å². The molecule has 2 aromatic heterocycles. The first-order valence-corrected chi connectivity index (χ1v) is 4.85. The predicted octanol–water partition coefficient (Wildman–Crippen LogP) is -0.611. The standard InChI is InChI=1S/C10H8N4O4/c1-5-4-6(14-18-5)13-9(15)7-8(10(16)17)12-3-2-11-7/h2-4H,1H3,(H,16,17)(H,13,14,15)/p-1. The summed E-state index contributed by atoms with van der Waals surface area (Å²) in [6.07, 6.45) is 2.36. The van der Waals surface area contributed by atoms with Crippen LogP contribution in [0.5, 0.6) is 0 Å². The Morgan fingerprint density at radius 3 is 2.50 bits per heavy atom. The molecule has 0 fully saturated rings. The number of rotatable bonds is 3. The third-order valence-corrected chi connectivity index (χ3v) is 1.98. The smallest absolute Gasteiger partial charge is 0.277 e. The van der Waals surface area contributed by atoms with E-state index in [-0.39, 0.29) is 11.5 Å². The molecule has 0 aromatic carbocycles.